The maximum atomic E-state index is 13.4. The van der Waals surface area contributed by atoms with Gasteiger partial charge in [-0.1, -0.05) is 6.07 Å². The molecule has 0 aliphatic carbocycles. The predicted octanol–water partition coefficient (Wildman–Crippen LogP) is 3.59. The minimum atomic E-state index is -4.56. The Hall–Kier alpha value is -4.78. The first kappa shape index (κ1) is 33.1. The molecular weight excluding hydrogens is 707 g/mol. The van der Waals surface area contributed by atoms with Gasteiger partial charge in [-0.15, -0.1) is 0 Å². The van der Waals surface area contributed by atoms with E-state index >= 15 is 0 Å². The van der Waals surface area contributed by atoms with Gasteiger partial charge in [0, 0.05) is 16.8 Å². The SMILES string of the molecule is O=C(O)c1ccc(NS(=O)(=O)c2ccc3c(N/N=C4\N=[C-]N=N4)c(O)c(S(=O)(=O)Nc4ccc(C(=O)O)cc4)cc3c2)cc1.[Y+3]. The van der Waals surface area contributed by atoms with Gasteiger partial charge < -0.3 is 20.3 Å². The zero-order valence-electron chi connectivity index (χ0n) is 22.4. The van der Waals surface area contributed by atoms with Crippen LogP contribution in [0.3, 0.4) is 0 Å². The molecule has 16 nitrogen and oxygen atoms in total. The number of azo groups is 1. The summed E-state index contributed by atoms with van der Waals surface area (Å²) in [6.45, 7) is 0. The third-order valence-electron chi connectivity index (χ3n) is 6.02. The molecule has 0 amide bonds. The molecule has 0 fully saturated rings. The number of guanidine groups is 1. The molecule has 4 aromatic rings. The van der Waals surface area contributed by atoms with Gasteiger partial charge in [0.05, 0.1) is 16.0 Å². The molecule has 1 aliphatic heterocycles. The molecule has 1 aliphatic rings. The summed E-state index contributed by atoms with van der Waals surface area (Å²) in [6, 6.07) is 14.4. The Morgan fingerprint density at radius 3 is 1.84 bits per heavy atom. The van der Waals surface area contributed by atoms with E-state index in [0.29, 0.717) is 0 Å². The quantitative estimate of drug-likeness (QED) is 0.0787. The number of aromatic hydroxyl groups is 1. The minimum absolute atomic E-state index is 0. The zero-order chi connectivity index (χ0) is 31.6. The van der Waals surface area contributed by atoms with Crippen molar-refractivity contribution in [2.45, 2.75) is 9.79 Å². The monoisotopic (exact) mass is 725 g/mol. The van der Waals surface area contributed by atoms with Gasteiger partial charge in [0.15, 0.2) is 5.75 Å². The van der Waals surface area contributed by atoms with E-state index in [1.807, 2.05) is 0 Å². The average molecular weight is 726 g/mol. The molecule has 1 heterocycles. The number of hydrogen-bond donors (Lipinski definition) is 6. The summed E-state index contributed by atoms with van der Waals surface area (Å²) >= 11 is 0. The fourth-order valence-electron chi connectivity index (χ4n) is 3.93. The number of benzene rings is 4. The van der Waals surface area contributed by atoms with Crippen LogP contribution in [0.5, 0.6) is 5.75 Å². The molecule has 0 saturated carbocycles. The van der Waals surface area contributed by atoms with Crippen molar-refractivity contribution in [2.75, 3.05) is 14.9 Å². The normalized spacial score (nSPS) is 13.4. The number of phenols is 1. The van der Waals surface area contributed by atoms with Crippen LogP contribution in [0.2, 0.25) is 0 Å². The minimum Gasteiger partial charge on any atom is -0.504 e. The fourth-order valence-corrected chi connectivity index (χ4v) is 6.22. The van der Waals surface area contributed by atoms with Gasteiger partial charge in [-0.25, -0.2) is 36.6 Å². The first-order valence-electron chi connectivity index (χ1n) is 12.1. The van der Waals surface area contributed by atoms with E-state index < -0.39 is 42.6 Å². The van der Waals surface area contributed by atoms with Crippen molar-refractivity contribution in [1.82, 2.24) is 0 Å². The molecule has 19 heteroatoms. The number of anilines is 3. The maximum absolute atomic E-state index is 13.4. The van der Waals surface area contributed by atoms with Gasteiger partial charge >= 0.3 is 44.6 Å². The molecule has 5 rings (SSSR count). The Balaban J connectivity index is 0.00000461. The number of phenolic OH excluding ortho intramolecular Hbond substituents is 1. The van der Waals surface area contributed by atoms with E-state index in [0.717, 1.165) is 12.1 Å². The van der Waals surface area contributed by atoms with Crippen LogP contribution in [-0.2, 0) is 52.8 Å². The van der Waals surface area contributed by atoms with Crippen molar-refractivity contribution >= 4 is 72.1 Å². The van der Waals surface area contributed by atoms with E-state index in [1.165, 1.54) is 60.7 Å². The van der Waals surface area contributed by atoms with Crippen LogP contribution in [0.4, 0.5) is 17.1 Å². The van der Waals surface area contributed by atoms with E-state index in [1.54, 1.807) is 0 Å². The number of carboxylic acids is 2. The van der Waals surface area contributed by atoms with E-state index in [-0.39, 0.29) is 82.5 Å². The van der Waals surface area contributed by atoms with Crippen LogP contribution >= 0.6 is 0 Å². The molecule has 6 N–H and O–H groups in total. The van der Waals surface area contributed by atoms with Crippen molar-refractivity contribution < 1.29 is 74.5 Å². The number of hydrogen-bond acceptors (Lipinski definition) is 10. The largest absolute Gasteiger partial charge is 3.00 e. The Kier molecular flexibility index (Phi) is 9.62. The molecule has 4 aromatic carbocycles. The van der Waals surface area contributed by atoms with Gasteiger partial charge in [-0.2, -0.15) is 0 Å². The van der Waals surface area contributed by atoms with Crippen molar-refractivity contribution in [1.29, 1.82) is 0 Å². The summed E-state index contributed by atoms with van der Waals surface area (Å²) in [5.41, 5.74) is 2.16. The smallest absolute Gasteiger partial charge is 0.504 e. The van der Waals surface area contributed by atoms with Gasteiger partial charge in [0.1, 0.15) is 16.5 Å². The second kappa shape index (κ2) is 13.1. The second-order valence-electron chi connectivity index (χ2n) is 8.89. The van der Waals surface area contributed by atoms with Crippen LogP contribution < -0.4 is 14.9 Å². The summed E-state index contributed by atoms with van der Waals surface area (Å²) in [6.07, 6.45) is 2.19. The van der Waals surface area contributed by atoms with Crippen molar-refractivity contribution in [3.05, 3.63) is 83.9 Å². The van der Waals surface area contributed by atoms with Gasteiger partial charge in [-0.3, -0.25) is 20.0 Å². The summed E-state index contributed by atoms with van der Waals surface area (Å²) in [5, 5.41) is 40.3. The first-order chi connectivity index (χ1) is 20.8. The molecule has 224 valence electrons. The van der Waals surface area contributed by atoms with E-state index in [9.17, 15) is 31.5 Å². The molecule has 45 heavy (non-hydrogen) atoms. The third-order valence-corrected chi connectivity index (χ3v) is 8.79. The van der Waals surface area contributed by atoms with Crippen LogP contribution in [0, 0.1) is 0 Å². The summed E-state index contributed by atoms with van der Waals surface area (Å²) in [7, 11) is -8.83. The summed E-state index contributed by atoms with van der Waals surface area (Å²) < 4.78 is 57.8. The van der Waals surface area contributed by atoms with Gasteiger partial charge in [0.25, 0.3) is 20.0 Å². The Morgan fingerprint density at radius 2 is 1.33 bits per heavy atom. The Labute approximate surface area is 279 Å². The molecule has 0 saturated heterocycles. The average Bonchev–Trinajstić information content (AvgIpc) is 3.50. The molecule has 0 bridgehead atoms. The number of carboxylic acid groups (broad SMARTS) is 2. The maximum Gasteiger partial charge on any atom is 3.00 e. The Morgan fingerprint density at radius 1 is 0.778 bits per heavy atom. The van der Waals surface area contributed by atoms with Gasteiger partial charge in [0.2, 0.25) is 0 Å². The molecule has 0 radical (unpaired) electrons. The number of nitrogens with one attached hydrogen (secondary N) is 3. The summed E-state index contributed by atoms with van der Waals surface area (Å²) in [5.74, 6) is -3.39. The number of nitrogens with zero attached hydrogens (tertiary/aromatic N) is 4. The zero-order valence-corrected chi connectivity index (χ0v) is 26.9. The summed E-state index contributed by atoms with van der Waals surface area (Å²) in [4.78, 5) is 24.9. The number of carbonyl (C=O) groups is 2. The van der Waals surface area contributed by atoms with Crippen LogP contribution in [0.25, 0.3) is 10.8 Å². The molecule has 0 spiro atoms. The predicted molar refractivity (Wildman–Crippen MR) is 157 cm³/mol. The third kappa shape index (κ3) is 7.31. The molecule has 0 unspecified atom stereocenters. The number of hydrazone groups is 1. The van der Waals surface area contributed by atoms with Crippen molar-refractivity contribution in [2.24, 2.45) is 20.3 Å². The van der Waals surface area contributed by atoms with Crippen molar-refractivity contribution in [3.63, 3.8) is 0 Å². The number of aromatic carboxylic acids is 2. The van der Waals surface area contributed by atoms with Crippen LogP contribution in [0.1, 0.15) is 20.7 Å². The standard InChI is InChI=1S/C26H18N7O9S2.Y/c34-23-21(44(41,42)33-18-7-3-15(4-8-18)25(37)38)12-16-11-19(9-10-20(16)22(23)29-31-26-27-13-28-30-26)43(39,40)32-17-5-1-14(2-6-17)24(35)36;/h1-12,29,32-34H,(H,35,36)(H,37,38);/q-1;+3/b31-26+;. The number of aliphatic imine (C=N–C) groups is 1. The van der Waals surface area contributed by atoms with E-state index in [2.05, 4.69) is 41.5 Å². The topological polar surface area (TPSA) is 249 Å². The molecular formula is C26H18N7O9S2Y+2. The van der Waals surface area contributed by atoms with E-state index in [4.69, 9.17) is 10.2 Å². The number of fused-ring (bicyclic) bond motifs is 1. The van der Waals surface area contributed by atoms with Crippen LogP contribution in [-0.4, -0.2) is 56.4 Å². The first-order valence-corrected chi connectivity index (χ1v) is 15.0. The van der Waals surface area contributed by atoms with Crippen molar-refractivity contribution in [3.8, 4) is 5.75 Å². The van der Waals surface area contributed by atoms with Gasteiger partial charge in [-0.05, 0) is 78.5 Å². The fraction of sp³-hybridized carbons (Fsp3) is 0. The number of rotatable bonds is 10. The van der Waals surface area contributed by atoms with Crippen LogP contribution in [0.15, 0.2) is 103 Å². The Bertz CT molecular complexity index is 2120. The molecule has 0 aromatic heterocycles. The number of sulfonamides is 2. The molecule has 0 atom stereocenters. The second-order valence-corrected chi connectivity index (χ2v) is 12.2.